The molecular weight excluding hydrogens is 378 g/mol. The number of carbonyl (C=O) groups is 1. The van der Waals surface area contributed by atoms with Crippen LogP contribution in [-0.2, 0) is 14.8 Å². The zero-order chi connectivity index (χ0) is 20.1. The Kier molecular flexibility index (Phi) is 6.21. The van der Waals surface area contributed by atoms with Gasteiger partial charge in [0.2, 0.25) is 10.0 Å². The first kappa shape index (κ1) is 20.2. The van der Waals surface area contributed by atoms with Gasteiger partial charge in [-0.1, -0.05) is 18.2 Å². The Bertz CT molecular complexity index is 893. The Morgan fingerprint density at radius 2 is 1.61 bits per heavy atom. The number of piperazine rings is 1. The molecule has 1 aliphatic rings. The standard InChI is InChI=1S/C20H25N3O4S/c1-16(20(24)21-2)27-18-8-10-19(11-9-18)28(25,26)23-14-12-22(13-15-23)17-6-4-3-5-7-17/h3-11,16H,12-15H2,1-2H3,(H,21,24)/t16-/m1/s1. The molecule has 1 aliphatic heterocycles. The highest BCUT2D eigenvalue weighted by atomic mass is 32.2. The van der Waals surface area contributed by atoms with Gasteiger partial charge in [0.05, 0.1) is 4.90 Å². The number of ether oxygens (including phenoxy) is 1. The highest BCUT2D eigenvalue weighted by Crippen LogP contribution is 2.23. The van der Waals surface area contributed by atoms with Crippen LogP contribution >= 0.6 is 0 Å². The molecule has 8 heteroatoms. The predicted molar refractivity (Wildman–Crippen MR) is 108 cm³/mol. The SMILES string of the molecule is CNC(=O)[C@@H](C)Oc1ccc(S(=O)(=O)N2CCN(c3ccccc3)CC2)cc1. The summed E-state index contributed by atoms with van der Waals surface area (Å²) in [5.41, 5.74) is 1.10. The topological polar surface area (TPSA) is 78.9 Å². The summed E-state index contributed by atoms with van der Waals surface area (Å²) in [5, 5.41) is 2.51. The van der Waals surface area contributed by atoms with Gasteiger partial charge in [0.1, 0.15) is 5.75 Å². The molecule has 7 nitrogen and oxygen atoms in total. The highest BCUT2D eigenvalue weighted by molar-refractivity contribution is 7.89. The second-order valence-electron chi connectivity index (χ2n) is 6.57. The molecule has 0 bridgehead atoms. The number of nitrogens with zero attached hydrogens (tertiary/aromatic N) is 2. The Labute approximate surface area is 166 Å². The number of hydrogen-bond acceptors (Lipinski definition) is 5. The lowest BCUT2D eigenvalue weighted by atomic mass is 10.2. The summed E-state index contributed by atoms with van der Waals surface area (Å²) in [4.78, 5) is 13.9. The van der Waals surface area contributed by atoms with E-state index < -0.39 is 16.1 Å². The van der Waals surface area contributed by atoms with Gasteiger partial charge in [0, 0.05) is 38.9 Å². The van der Waals surface area contributed by atoms with Crippen molar-refractivity contribution in [2.24, 2.45) is 0 Å². The van der Waals surface area contributed by atoms with Crippen LogP contribution in [0.3, 0.4) is 0 Å². The largest absolute Gasteiger partial charge is 0.481 e. The van der Waals surface area contributed by atoms with Crippen LogP contribution in [0, 0.1) is 0 Å². The van der Waals surface area contributed by atoms with Gasteiger partial charge < -0.3 is 15.0 Å². The molecule has 0 unspecified atom stereocenters. The zero-order valence-electron chi connectivity index (χ0n) is 16.0. The number of carbonyl (C=O) groups excluding carboxylic acids is 1. The van der Waals surface area contributed by atoms with E-state index in [9.17, 15) is 13.2 Å². The van der Waals surface area contributed by atoms with Crippen molar-refractivity contribution in [2.75, 3.05) is 38.1 Å². The summed E-state index contributed by atoms with van der Waals surface area (Å²) in [6, 6.07) is 16.2. The van der Waals surface area contributed by atoms with E-state index in [1.54, 1.807) is 19.1 Å². The van der Waals surface area contributed by atoms with Crippen molar-refractivity contribution in [3.63, 3.8) is 0 Å². The van der Waals surface area contributed by atoms with Gasteiger partial charge >= 0.3 is 0 Å². The first-order valence-corrected chi connectivity index (χ1v) is 10.6. The van der Waals surface area contributed by atoms with Gasteiger partial charge in [-0.2, -0.15) is 4.31 Å². The van der Waals surface area contributed by atoms with Gasteiger partial charge in [-0.25, -0.2) is 8.42 Å². The van der Waals surface area contributed by atoms with Crippen LogP contribution in [0.2, 0.25) is 0 Å². The molecule has 3 rings (SSSR count). The molecule has 150 valence electrons. The van der Waals surface area contributed by atoms with Crippen molar-refractivity contribution in [1.29, 1.82) is 0 Å². The molecule has 0 radical (unpaired) electrons. The molecule has 0 saturated carbocycles. The third kappa shape index (κ3) is 4.45. The van der Waals surface area contributed by atoms with Crippen LogP contribution in [0.15, 0.2) is 59.5 Å². The number of anilines is 1. The van der Waals surface area contributed by atoms with E-state index in [1.807, 2.05) is 30.3 Å². The van der Waals surface area contributed by atoms with Crippen LogP contribution in [-0.4, -0.2) is 58.0 Å². The number of nitrogens with one attached hydrogen (secondary N) is 1. The normalized spacial score (nSPS) is 16.4. The van der Waals surface area contributed by atoms with Crippen LogP contribution in [0.5, 0.6) is 5.75 Å². The number of para-hydroxylation sites is 1. The lowest BCUT2D eigenvalue weighted by Gasteiger charge is -2.35. The van der Waals surface area contributed by atoms with Gasteiger partial charge in [-0.15, -0.1) is 0 Å². The van der Waals surface area contributed by atoms with Crippen LogP contribution < -0.4 is 15.0 Å². The van der Waals surface area contributed by atoms with Gasteiger partial charge in [0.25, 0.3) is 5.91 Å². The fraction of sp³-hybridized carbons (Fsp3) is 0.350. The van der Waals surface area contributed by atoms with E-state index in [2.05, 4.69) is 10.2 Å². The Balaban J connectivity index is 1.64. The van der Waals surface area contributed by atoms with Crippen molar-refractivity contribution in [1.82, 2.24) is 9.62 Å². The maximum absolute atomic E-state index is 12.9. The lowest BCUT2D eigenvalue weighted by molar-refractivity contribution is -0.126. The Morgan fingerprint density at radius 1 is 1.00 bits per heavy atom. The summed E-state index contributed by atoms with van der Waals surface area (Å²) in [7, 11) is -2.02. The summed E-state index contributed by atoms with van der Waals surface area (Å²) in [5.74, 6) is 0.205. The van der Waals surface area contributed by atoms with E-state index in [0.29, 0.717) is 31.9 Å². The monoisotopic (exact) mass is 403 g/mol. The molecular formula is C20H25N3O4S. The predicted octanol–water partition coefficient (Wildman–Crippen LogP) is 1.71. The first-order chi connectivity index (χ1) is 13.4. The van der Waals surface area contributed by atoms with E-state index in [1.165, 1.54) is 23.5 Å². The quantitative estimate of drug-likeness (QED) is 0.794. The van der Waals surface area contributed by atoms with Gasteiger partial charge in [0.15, 0.2) is 6.10 Å². The molecule has 2 aromatic carbocycles. The number of sulfonamides is 1. The maximum Gasteiger partial charge on any atom is 0.260 e. The van der Waals surface area contributed by atoms with E-state index in [-0.39, 0.29) is 10.8 Å². The third-order valence-corrected chi connectivity index (χ3v) is 6.66. The van der Waals surface area contributed by atoms with Crippen molar-refractivity contribution in [3.05, 3.63) is 54.6 Å². The van der Waals surface area contributed by atoms with E-state index in [4.69, 9.17) is 4.74 Å². The second kappa shape index (κ2) is 8.62. The molecule has 1 N–H and O–H groups in total. The number of rotatable bonds is 6. The summed E-state index contributed by atoms with van der Waals surface area (Å²) in [6.07, 6.45) is -0.654. The summed E-state index contributed by atoms with van der Waals surface area (Å²) < 4.78 is 32.9. The third-order valence-electron chi connectivity index (χ3n) is 4.75. The van der Waals surface area contributed by atoms with Gasteiger partial charge in [-0.05, 0) is 43.3 Å². The molecule has 1 amide bonds. The van der Waals surface area contributed by atoms with Crippen LogP contribution in [0.25, 0.3) is 0 Å². The molecule has 1 fully saturated rings. The fourth-order valence-corrected chi connectivity index (χ4v) is 4.55. The zero-order valence-corrected chi connectivity index (χ0v) is 16.9. The molecule has 0 spiro atoms. The number of amides is 1. The molecule has 1 atom stereocenters. The molecule has 2 aromatic rings. The second-order valence-corrected chi connectivity index (χ2v) is 8.51. The van der Waals surface area contributed by atoms with E-state index >= 15 is 0 Å². The summed E-state index contributed by atoms with van der Waals surface area (Å²) in [6.45, 7) is 3.80. The van der Waals surface area contributed by atoms with Crippen molar-refractivity contribution < 1.29 is 17.9 Å². The number of likely N-dealkylation sites (N-methyl/N-ethyl adjacent to an activating group) is 1. The summed E-state index contributed by atoms with van der Waals surface area (Å²) >= 11 is 0. The number of hydrogen-bond donors (Lipinski definition) is 1. The molecule has 1 saturated heterocycles. The minimum Gasteiger partial charge on any atom is -0.481 e. The average molecular weight is 404 g/mol. The minimum atomic E-state index is -3.56. The van der Waals surface area contributed by atoms with Crippen molar-refractivity contribution in [3.8, 4) is 5.75 Å². The lowest BCUT2D eigenvalue weighted by Crippen LogP contribution is -2.48. The van der Waals surface area contributed by atoms with E-state index in [0.717, 1.165) is 5.69 Å². The first-order valence-electron chi connectivity index (χ1n) is 9.20. The highest BCUT2D eigenvalue weighted by Gasteiger charge is 2.28. The number of benzene rings is 2. The molecule has 0 aromatic heterocycles. The maximum atomic E-state index is 12.9. The van der Waals surface area contributed by atoms with Crippen molar-refractivity contribution >= 4 is 21.6 Å². The Hall–Kier alpha value is -2.58. The average Bonchev–Trinajstić information content (AvgIpc) is 2.74. The van der Waals surface area contributed by atoms with Gasteiger partial charge in [-0.3, -0.25) is 4.79 Å². The van der Waals surface area contributed by atoms with Crippen LogP contribution in [0.4, 0.5) is 5.69 Å². The minimum absolute atomic E-state index is 0.223. The van der Waals surface area contributed by atoms with Crippen LogP contribution in [0.1, 0.15) is 6.92 Å². The molecule has 28 heavy (non-hydrogen) atoms. The van der Waals surface area contributed by atoms with Crippen molar-refractivity contribution in [2.45, 2.75) is 17.9 Å². The fourth-order valence-electron chi connectivity index (χ4n) is 3.13. The molecule has 0 aliphatic carbocycles. The Morgan fingerprint density at radius 3 is 2.18 bits per heavy atom. The molecule has 1 heterocycles. The smallest absolute Gasteiger partial charge is 0.260 e.